The number of hydrogen-bond donors (Lipinski definition) is 1. The smallest absolute Gasteiger partial charge is 0.305 e. The zero-order chi connectivity index (χ0) is 8.69. The first kappa shape index (κ1) is 15.1. The molecule has 4 heteroatoms. The quantitative estimate of drug-likeness (QED) is 0.717. The number of carbonyl (C=O) groups is 1. The maximum absolute atomic E-state index is 9.70. The molecule has 1 aliphatic heterocycles. The number of aliphatic carboxylic acids is 1. The van der Waals surface area contributed by atoms with E-state index in [0.717, 1.165) is 0 Å². The zero-order valence-electron chi connectivity index (χ0n) is 7.47. The van der Waals surface area contributed by atoms with Gasteiger partial charge in [0.05, 0.1) is 5.92 Å². The Morgan fingerprint density at radius 1 is 1.33 bits per heavy atom. The summed E-state index contributed by atoms with van der Waals surface area (Å²) >= 11 is 2.07. The van der Waals surface area contributed by atoms with Gasteiger partial charge in [0.2, 0.25) is 0 Å². The Labute approximate surface area is 94.0 Å². The standard InChI is InChI=1S/C4H8O2.C4H8S.Au/c1-3(2)4(5)6;1-2-4-5-3-1;/h3H,1-2H3,(H,5,6);1-4H2;. The summed E-state index contributed by atoms with van der Waals surface area (Å²) in [6.45, 7) is 3.28. The van der Waals surface area contributed by atoms with Crippen LogP contribution in [0.5, 0.6) is 0 Å². The van der Waals surface area contributed by atoms with Crippen LogP contribution in [0.2, 0.25) is 0 Å². The minimum Gasteiger partial charge on any atom is -0.481 e. The topological polar surface area (TPSA) is 37.3 Å². The number of carboxylic acids is 1. The number of hydrogen-bond acceptors (Lipinski definition) is 2. The van der Waals surface area contributed by atoms with Crippen LogP contribution in [-0.2, 0) is 27.2 Å². The molecule has 0 unspecified atom stereocenters. The fourth-order valence-electron chi connectivity index (χ4n) is 0.510. The molecule has 1 aliphatic rings. The summed E-state index contributed by atoms with van der Waals surface area (Å²) in [5.41, 5.74) is 0. The molecule has 1 fully saturated rings. The summed E-state index contributed by atoms with van der Waals surface area (Å²) in [5, 5.41) is 7.99. The molecular formula is C8H16AuO2S. The molecular weight excluding hydrogens is 357 g/mol. The van der Waals surface area contributed by atoms with Crippen LogP contribution in [0.1, 0.15) is 26.7 Å². The Bertz CT molecular complexity index is 106. The van der Waals surface area contributed by atoms with Crippen molar-refractivity contribution >= 4 is 17.7 Å². The second-order valence-electron chi connectivity index (χ2n) is 2.81. The van der Waals surface area contributed by atoms with Crippen molar-refractivity contribution in [2.24, 2.45) is 5.92 Å². The second kappa shape index (κ2) is 9.65. The van der Waals surface area contributed by atoms with Crippen LogP contribution in [0.15, 0.2) is 0 Å². The van der Waals surface area contributed by atoms with E-state index >= 15 is 0 Å². The monoisotopic (exact) mass is 373 g/mol. The van der Waals surface area contributed by atoms with E-state index in [4.69, 9.17) is 5.11 Å². The van der Waals surface area contributed by atoms with Crippen molar-refractivity contribution < 1.29 is 32.3 Å². The van der Waals surface area contributed by atoms with E-state index in [2.05, 4.69) is 11.8 Å². The van der Waals surface area contributed by atoms with Gasteiger partial charge in [-0.05, 0) is 24.3 Å². The normalized spacial score (nSPS) is 14.6. The minimum atomic E-state index is -0.741. The Kier molecular flexibility index (Phi) is 12.1. The average Bonchev–Trinajstić information content (AvgIpc) is 2.41. The van der Waals surface area contributed by atoms with Crippen molar-refractivity contribution in [2.75, 3.05) is 11.5 Å². The fourth-order valence-corrected chi connectivity index (χ4v) is 1.53. The summed E-state index contributed by atoms with van der Waals surface area (Å²) in [4.78, 5) is 9.70. The number of rotatable bonds is 1. The molecule has 1 N–H and O–H groups in total. The largest absolute Gasteiger partial charge is 0.481 e. The van der Waals surface area contributed by atoms with Crippen molar-refractivity contribution in [1.82, 2.24) is 0 Å². The van der Waals surface area contributed by atoms with Crippen LogP contribution >= 0.6 is 11.8 Å². The summed E-state index contributed by atoms with van der Waals surface area (Å²) in [7, 11) is 0. The molecule has 0 atom stereocenters. The second-order valence-corrected chi connectivity index (χ2v) is 4.04. The van der Waals surface area contributed by atoms with Crippen LogP contribution in [0.3, 0.4) is 0 Å². The van der Waals surface area contributed by atoms with Crippen molar-refractivity contribution in [3.8, 4) is 0 Å². The van der Waals surface area contributed by atoms with E-state index in [1.807, 2.05) is 0 Å². The van der Waals surface area contributed by atoms with Crippen molar-refractivity contribution in [1.29, 1.82) is 0 Å². The van der Waals surface area contributed by atoms with Gasteiger partial charge in [0.1, 0.15) is 0 Å². The first-order chi connectivity index (χ1) is 5.14. The molecule has 1 heterocycles. The van der Waals surface area contributed by atoms with Gasteiger partial charge in [0.25, 0.3) is 0 Å². The molecule has 0 spiro atoms. The van der Waals surface area contributed by atoms with Crippen molar-refractivity contribution in [3.63, 3.8) is 0 Å². The van der Waals surface area contributed by atoms with Crippen LogP contribution in [-0.4, -0.2) is 22.6 Å². The Balaban J connectivity index is 0. The predicted octanol–water partition coefficient (Wildman–Crippen LogP) is 2.24. The van der Waals surface area contributed by atoms with Gasteiger partial charge in [0.15, 0.2) is 0 Å². The fraction of sp³-hybridized carbons (Fsp3) is 0.875. The van der Waals surface area contributed by atoms with Gasteiger partial charge in [-0.3, -0.25) is 4.79 Å². The Morgan fingerprint density at radius 2 is 1.67 bits per heavy atom. The van der Waals surface area contributed by atoms with Crippen LogP contribution in [0, 0.1) is 5.92 Å². The van der Waals surface area contributed by atoms with Gasteiger partial charge in [-0.1, -0.05) is 13.8 Å². The number of thioether (sulfide) groups is 1. The molecule has 1 saturated heterocycles. The molecule has 0 aromatic rings. The Hall–Kier alpha value is 0.560. The molecule has 1 rings (SSSR count). The zero-order valence-corrected chi connectivity index (χ0v) is 10.5. The number of carboxylic acid groups (broad SMARTS) is 1. The molecule has 0 aliphatic carbocycles. The third-order valence-corrected chi connectivity index (χ3v) is 2.48. The predicted molar refractivity (Wildman–Crippen MR) is 49.0 cm³/mol. The Morgan fingerprint density at radius 3 is 1.75 bits per heavy atom. The summed E-state index contributed by atoms with van der Waals surface area (Å²) in [6.07, 6.45) is 2.93. The van der Waals surface area contributed by atoms with E-state index in [0.29, 0.717) is 0 Å². The van der Waals surface area contributed by atoms with Crippen LogP contribution in [0.25, 0.3) is 0 Å². The van der Waals surface area contributed by atoms with Gasteiger partial charge < -0.3 is 5.11 Å². The molecule has 0 aromatic carbocycles. The summed E-state index contributed by atoms with van der Waals surface area (Å²) in [6, 6.07) is 0. The molecule has 0 amide bonds. The third-order valence-electron chi connectivity index (χ3n) is 1.32. The molecule has 12 heavy (non-hydrogen) atoms. The van der Waals surface area contributed by atoms with E-state index in [1.165, 1.54) is 24.3 Å². The van der Waals surface area contributed by atoms with Gasteiger partial charge >= 0.3 is 5.97 Å². The molecule has 0 saturated carbocycles. The van der Waals surface area contributed by atoms with E-state index in [-0.39, 0.29) is 28.3 Å². The van der Waals surface area contributed by atoms with E-state index in [9.17, 15) is 4.79 Å². The maximum Gasteiger partial charge on any atom is 0.305 e. The van der Waals surface area contributed by atoms with Crippen molar-refractivity contribution in [2.45, 2.75) is 26.7 Å². The minimum absolute atomic E-state index is 0. The van der Waals surface area contributed by atoms with Gasteiger partial charge in [-0.2, -0.15) is 11.8 Å². The van der Waals surface area contributed by atoms with Crippen LogP contribution in [0.4, 0.5) is 0 Å². The maximum atomic E-state index is 9.70. The van der Waals surface area contributed by atoms with Crippen LogP contribution < -0.4 is 0 Å². The molecule has 77 valence electrons. The van der Waals surface area contributed by atoms with Gasteiger partial charge in [0, 0.05) is 22.4 Å². The molecule has 0 bridgehead atoms. The molecule has 0 aromatic heterocycles. The first-order valence-electron chi connectivity index (χ1n) is 3.95. The van der Waals surface area contributed by atoms with Gasteiger partial charge in [-0.15, -0.1) is 0 Å². The molecule has 1 radical (unpaired) electrons. The average molecular weight is 373 g/mol. The summed E-state index contributed by atoms with van der Waals surface area (Å²) in [5.74, 6) is 1.86. The van der Waals surface area contributed by atoms with Gasteiger partial charge in [-0.25, -0.2) is 0 Å². The first-order valence-corrected chi connectivity index (χ1v) is 5.10. The van der Waals surface area contributed by atoms with E-state index < -0.39 is 5.97 Å². The van der Waals surface area contributed by atoms with Crippen molar-refractivity contribution in [3.05, 3.63) is 0 Å². The van der Waals surface area contributed by atoms with E-state index in [1.54, 1.807) is 13.8 Å². The molecule has 2 nitrogen and oxygen atoms in total. The summed E-state index contributed by atoms with van der Waals surface area (Å²) < 4.78 is 0. The SMILES string of the molecule is C1CCSC1.CC(C)C(=O)O.[Au]. The third kappa shape index (κ3) is 10.6.